The van der Waals surface area contributed by atoms with Crippen LogP contribution < -0.4 is 0 Å². The smallest absolute Gasteiger partial charge is 0.325 e. The Balaban J connectivity index is 2.46. The minimum Gasteiger partial charge on any atom is -0.325 e. The third-order valence-corrected chi connectivity index (χ3v) is 3.14. The first-order chi connectivity index (χ1) is 8.92. The van der Waals surface area contributed by atoms with Crippen molar-refractivity contribution in [3.8, 4) is 0 Å². The summed E-state index contributed by atoms with van der Waals surface area (Å²) in [6, 6.07) is 6.51. The van der Waals surface area contributed by atoms with Gasteiger partial charge in [0.05, 0.1) is 17.5 Å². The molecule has 1 heterocycles. The van der Waals surface area contributed by atoms with Crippen LogP contribution in [0, 0.1) is 0 Å². The maximum Gasteiger partial charge on any atom is 0.391 e. The molecule has 1 aromatic heterocycles. The second-order valence-electron chi connectivity index (χ2n) is 4.49. The van der Waals surface area contributed by atoms with Gasteiger partial charge in [-0.2, -0.15) is 13.2 Å². The lowest BCUT2D eigenvalue weighted by Crippen LogP contribution is -2.18. The molecule has 0 fully saturated rings. The molecular formula is C13H14ClF3N2. The van der Waals surface area contributed by atoms with Crippen LogP contribution in [0.3, 0.4) is 0 Å². The van der Waals surface area contributed by atoms with E-state index in [1.54, 1.807) is 29.7 Å². The van der Waals surface area contributed by atoms with E-state index in [4.69, 9.17) is 11.6 Å². The lowest BCUT2D eigenvalue weighted by atomic mass is 10.2. The van der Waals surface area contributed by atoms with Gasteiger partial charge in [0, 0.05) is 18.3 Å². The summed E-state index contributed by atoms with van der Waals surface area (Å²) in [5.74, 6) is 0.940. The van der Waals surface area contributed by atoms with E-state index in [1.165, 1.54) is 0 Å². The molecule has 1 aromatic carbocycles. The Hall–Kier alpha value is -1.23. The van der Waals surface area contributed by atoms with Gasteiger partial charge in [-0.3, -0.25) is 0 Å². The number of benzene rings is 1. The van der Waals surface area contributed by atoms with Crippen molar-refractivity contribution in [1.29, 1.82) is 0 Å². The molecule has 104 valence electrons. The fourth-order valence-corrected chi connectivity index (χ4v) is 2.44. The number of nitrogens with zero attached hydrogens (tertiary/aromatic N) is 2. The average Bonchev–Trinajstić information content (AvgIpc) is 2.65. The van der Waals surface area contributed by atoms with Crippen molar-refractivity contribution in [2.75, 3.05) is 5.88 Å². The average molecular weight is 291 g/mol. The highest BCUT2D eigenvalue weighted by atomic mass is 35.5. The van der Waals surface area contributed by atoms with E-state index in [2.05, 4.69) is 4.98 Å². The molecule has 2 nitrogen and oxygen atoms in total. The van der Waals surface area contributed by atoms with Crippen LogP contribution in [0.25, 0.3) is 11.0 Å². The van der Waals surface area contributed by atoms with Gasteiger partial charge in [0.1, 0.15) is 5.82 Å². The van der Waals surface area contributed by atoms with Crippen LogP contribution in [-0.2, 0) is 6.42 Å². The highest BCUT2D eigenvalue weighted by Crippen LogP contribution is 2.31. The predicted octanol–water partition coefficient (Wildman–Crippen LogP) is 4.33. The zero-order valence-electron chi connectivity index (χ0n) is 10.4. The lowest BCUT2D eigenvalue weighted by Gasteiger charge is -2.19. The number of rotatable bonds is 4. The molecule has 0 aliphatic heterocycles. The third kappa shape index (κ3) is 3.21. The second-order valence-corrected chi connectivity index (χ2v) is 4.87. The van der Waals surface area contributed by atoms with Crippen molar-refractivity contribution in [2.24, 2.45) is 0 Å². The number of imidazole rings is 1. The molecule has 6 heteroatoms. The predicted molar refractivity (Wildman–Crippen MR) is 69.5 cm³/mol. The summed E-state index contributed by atoms with van der Waals surface area (Å²) in [6.07, 6.45) is -4.61. The minimum atomic E-state index is -4.19. The van der Waals surface area contributed by atoms with Gasteiger partial charge in [-0.1, -0.05) is 12.1 Å². The number of hydrogen-bond acceptors (Lipinski definition) is 1. The van der Waals surface area contributed by atoms with Gasteiger partial charge in [0.2, 0.25) is 0 Å². The number of aryl methyl sites for hydroxylation is 1. The maximum absolute atomic E-state index is 12.6. The molecule has 19 heavy (non-hydrogen) atoms. The molecule has 0 aliphatic carbocycles. The first-order valence-electron chi connectivity index (χ1n) is 6.01. The zero-order valence-corrected chi connectivity index (χ0v) is 11.2. The highest BCUT2D eigenvalue weighted by Gasteiger charge is 2.32. The van der Waals surface area contributed by atoms with Gasteiger partial charge in [-0.25, -0.2) is 4.98 Å². The van der Waals surface area contributed by atoms with Crippen LogP contribution in [0.15, 0.2) is 24.3 Å². The Morgan fingerprint density at radius 2 is 2.00 bits per heavy atom. The number of fused-ring (bicyclic) bond motifs is 1. The SMILES string of the molecule is CC(CC(F)(F)F)n1c(CCCl)nc2ccccc21. The molecule has 1 atom stereocenters. The third-order valence-electron chi connectivity index (χ3n) is 2.95. The van der Waals surface area contributed by atoms with E-state index in [-0.39, 0.29) is 0 Å². The first-order valence-corrected chi connectivity index (χ1v) is 6.54. The zero-order chi connectivity index (χ0) is 14.0. The van der Waals surface area contributed by atoms with E-state index >= 15 is 0 Å². The first kappa shape index (κ1) is 14.2. The molecule has 1 unspecified atom stereocenters. The van der Waals surface area contributed by atoms with Crippen LogP contribution in [0.5, 0.6) is 0 Å². The van der Waals surface area contributed by atoms with Gasteiger partial charge in [-0.05, 0) is 19.1 Å². The van der Waals surface area contributed by atoms with Gasteiger partial charge in [0.15, 0.2) is 0 Å². The summed E-state index contributed by atoms with van der Waals surface area (Å²) in [5, 5.41) is 0. The van der Waals surface area contributed by atoms with Crippen LogP contribution >= 0.6 is 11.6 Å². The number of halogens is 4. The van der Waals surface area contributed by atoms with Crippen molar-refractivity contribution in [3.63, 3.8) is 0 Å². The van der Waals surface area contributed by atoms with Gasteiger partial charge in [0.25, 0.3) is 0 Å². The topological polar surface area (TPSA) is 17.8 Å². The molecule has 0 amide bonds. The van der Waals surface area contributed by atoms with E-state index in [1.807, 2.05) is 6.07 Å². The number of para-hydroxylation sites is 2. The Kier molecular flexibility index (Phi) is 4.04. The standard InChI is InChI=1S/C13H14ClF3N2/c1-9(8-13(15,16)17)19-11-5-3-2-4-10(11)18-12(19)6-7-14/h2-5,9H,6-8H2,1H3. The molecule has 0 radical (unpaired) electrons. The molecule has 0 saturated carbocycles. The highest BCUT2D eigenvalue weighted by molar-refractivity contribution is 6.17. The monoisotopic (exact) mass is 290 g/mol. The quantitative estimate of drug-likeness (QED) is 0.766. The Bertz CT molecular complexity index is 563. The normalized spacial score (nSPS) is 13.9. The molecular weight excluding hydrogens is 277 g/mol. The van der Waals surface area contributed by atoms with Gasteiger partial charge < -0.3 is 4.57 Å². The van der Waals surface area contributed by atoms with Crippen molar-refractivity contribution in [1.82, 2.24) is 9.55 Å². The summed E-state index contributed by atoms with van der Waals surface area (Å²) in [7, 11) is 0. The molecule has 0 saturated heterocycles. The Morgan fingerprint density at radius 1 is 1.32 bits per heavy atom. The summed E-state index contributed by atoms with van der Waals surface area (Å²) in [4.78, 5) is 4.36. The van der Waals surface area contributed by atoms with E-state index in [9.17, 15) is 13.2 Å². The second kappa shape index (κ2) is 5.41. The maximum atomic E-state index is 12.6. The minimum absolute atomic E-state index is 0.335. The molecule has 0 aliphatic rings. The van der Waals surface area contributed by atoms with Crippen LogP contribution in [-0.4, -0.2) is 21.6 Å². The molecule has 0 spiro atoms. The summed E-state index contributed by atoms with van der Waals surface area (Å²) in [6.45, 7) is 1.55. The molecule has 0 bridgehead atoms. The Morgan fingerprint density at radius 3 is 2.63 bits per heavy atom. The number of alkyl halides is 4. The summed E-state index contributed by atoms with van der Waals surface area (Å²) in [5.41, 5.74) is 1.43. The van der Waals surface area contributed by atoms with Gasteiger partial charge in [-0.15, -0.1) is 11.6 Å². The van der Waals surface area contributed by atoms with Crippen molar-refractivity contribution in [2.45, 2.75) is 32.0 Å². The summed E-state index contributed by atoms with van der Waals surface area (Å²) >= 11 is 5.70. The van der Waals surface area contributed by atoms with Crippen LogP contribution in [0.2, 0.25) is 0 Å². The van der Waals surface area contributed by atoms with Crippen molar-refractivity contribution in [3.05, 3.63) is 30.1 Å². The van der Waals surface area contributed by atoms with Crippen molar-refractivity contribution >= 4 is 22.6 Å². The van der Waals surface area contributed by atoms with E-state index in [0.29, 0.717) is 23.6 Å². The fourth-order valence-electron chi connectivity index (χ4n) is 2.27. The molecule has 0 N–H and O–H groups in total. The lowest BCUT2D eigenvalue weighted by molar-refractivity contribution is -0.141. The molecule has 2 rings (SSSR count). The van der Waals surface area contributed by atoms with Gasteiger partial charge >= 0.3 is 6.18 Å². The van der Waals surface area contributed by atoms with Crippen LogP contribution in [0.4, 0.5) is 13.2 Å². The van der Waals surface area contributed by atoms with Crippen molar-refractivity contribution < 1.29 is 13.2 Å². The van der Waals surface area contributed by atoms with E-state index in [0.717, 1.165) is 5.52 Å². The number of hydrogen-bond donors (Lipinski definition) is 0. The fraction of sp³-hybridized carbons (Fsp3) is 0.462. The molecule has 2 aromatic rings. The van der Waals surface area contributed by atoms with Crippen LogP contribution in [0.1, 0.15) is 25.2 Å². The largest absolute Gasteiger partial charge is 0.391 e. The number of aromatic nitrogens is 2. The Labute approximate surface area is 114 Å². The van der Waals surface area contributed by atoms with E-state index < -0.39 is 18.6 Å². The summed E-state index contributed by atoms with van der Waals surface area (Å²) < 4.78 is 39.3.